The van der Waals surface area contributed by atoms with Gasteiger partial charge in [-0.15, -0.1) is 0 Å². The molecule has 4 nitrogen and oxygen atoms in total. The first kappa shape index (κ1) is 43.4. The third kappa shape index (κ3) is 7.22. The molecule has 4 heteroatoms. The van der Waals surface area contributed by atoms with E-state index in [9.17, 15) is 0 Å². The molecule has 0 unspecified atom stereocenters. The van der Waals surface area contributed by atoms with Crippen LogP contribution in [0.4, 0.5) is 34.1 Å². The van der Waals surface area contributed by atoms with Gasteiger partial charge in [0.25, 0.3) is 0 Å². The Kier molecular flexibility index (Phi) is 10.2. The minimum absolute atomic E-state index is 0.849. The van der Waals surface area contributed by atoms with Crippen molar-refractivity contribution in [3.63, 3.8) is 0 Å². The summed E-state index contributed by atoms with van der Waals surface area (Å²) in [6, 6.07) is 103. The summed E-state index contributed by atoms with van der Waals surface area (Å²) < 4.78 is 9.42. The van der Waals surface area contributed by atoms with Crippen LogP contribution in [-0.4, -0.2) is 4.40 Å². The SMILES string of the molecule is c1ccc(-c2ccc(N(c3ccc(-c4ccccc4)cc3)c3ccc4cc5c6ccc(N(c7ccc(-c8ccccc8)cc7)c7ccc(-c8ccccc8)cc7)cc6n6c7oc8ccccc8c7c(c4c3)c56)cc2)cc1. The topological polar surface area (TPSA) is 24.0 Å². The standard InChI is InChI=1S/C72H47N3O/c1-5-15-48(16-6-1)52-25-34-57(35-26-52)73(58-36-27-53(28-37-58)49-17-7-2-8-18-49)61-42-33-56-45-66-63-44-43-62(47-67(63)75-71(66)69(65(56)46-61)70-64-23-13-14-24-68(64)76-72(70)75)74(59-38-29-54(30-39-59)50-19-9-3-10-20-50)60-40-31-55(32-41-60)51-21-11-4-12-22-51/h1-47H. The third-order valence-corrected chi connectivity index (χ3v) is 15.3. The van der Waals surface area contributed by atoms with Crippen LogP contribution >= 0.6 is 0 Å². The molecule has 0 aliphatic rings. The van der Waals surface area contributed by atoms with Crippen molar-refractivity contribution in [3.8, 4) is 44.5 Å². The Bertz CT molecular complexity index is 4400. The Hall–Kier alpha value is -10.2. The zero-order valence-corrected chi connectivity index (χ0v) is 41.4. The van der Waals surface area contributed by atoms with Crippen LogP contribution in [-0.2, 0) is 0 Å². The van der Waals surface area contributed by atoms with E-state index in [0.717, 1.165) is 67.2 Å². The van der Waals surface area contributed by atoms with Crippen LogP contribution in [0.15, 0.2) is 290 Å². The van der Waals surface area contributed by atoms with Gasteiger partial charge < -0.3 is 14.2 Å². The zero-order valence-electron chi connectivity index (χ0n) is 41.4. The molecule has 0 saturated carbocycles. The lowest BCUT2D eigenvalue weighted by atomic mass is 9.98. The van der Waals surface area contributed by atoms with Gasteiger partial charge in [0.15, 0.2) is 0 Å². The lowest BCUT2D eigenvalue weighted by molar-refractivity contribution is 0.652. The highest BCUT2D eigenvalue weighted by molar-refractivity contribution is 6.35. The van der Waals surface area contributed by atoms with E-state index in [1.807, 2.05) is 0 Å². The quantitative estimate of drug-likeness (QED) is 0.136. The minimum atomic E-state index is 0.849. The minimum Gasteiger partial charge on any atom is -0.439 e. The number of aromatic nitrogens is 1. The molecule has 0 aliphatic heterocycles. The first-order valence-electron chi connectivity index (χ1n) is 26.0. The maximum Gasteiger partial charge on any atom is 0.213 e. The fourth-order valence-corrected chi connectivity index (χ4v) is 11.7. The summed E-state index contributed by atoms with van der Waals surface area (Å²) in [5.74, 6) is 0. The average molecular weight is 970 g/mol. The lowest BCUT2D eigenvalue weighted by Crippen LogP contribution is -2.10. The van der Waals surface area contributed by atoms with Gasteiger partial charge in [0, 0.05) is 55.7 Å². The molecule has 3 heterocycles. The van der Waals surface area contributed by atoms with Gasteiger partial charge in [0.05, 0.1) is 16.4 Å². The number of furan rings is 1. The molecule has 0 amide bonds. The van der Waals surface area contributed by atoms with E-state index in [1.54, 1.807) is 0 Å². The predicted octanol–water partition coefficient (Wildman–Crippen LogP) is 20.3. The maximum atomic E-state index is 7.03. The van der Waals surface area contributed by atoms with Gasteiger partial charge in [-0.25, -0.2) is 0 Å². The second-order valence-electron chi connectivity index (χ2n) is 19.7. The summed E-state index contributed by atoms with van der Waals surface area (Å²) in [7, 11) is 0. The first-order valence-corrected chi connectivity index (χ1v) is 26.0. The molecule has 12 aromatic carbocycles. The number of fused-ring (bicyclic) bond motifs is 10. The third-order valence-electron chi connectivity index (χ3n) is 15.3. The largest absolute Gasteiger partial charge is 0.439 e. The van der Waals surface area contributed by atoms with Crippen LogP contribution in [0.3, 0.4) is 0 Å². The summed E-state index contributed by atoms with van der Waals surface area (Å²) in [5, 5.41) is 8.14. The molecule has 0 spiro atoms. The van der Waals surface area contributed by atoms with Crippen LogP contribution < -0.4 is 9.80 Å². The van der Waals surface area contributed by atoms with Gasteiger partial charge in [0.2, 0.25) is 5.71 Å². The Morgan fingerprint density at radius 2 is 0.645 bits per heavy atom. The Labute approximate surface area is 440 Å². The predicted molar refractivity (Wildman–Crippen MR) is 319 cm³/mol. The Balaban J connectivity index is 0.927. The van der Waals surface area contributed by atoms with Crippen molar-refractivity contribution in [2.24, 2.45) is 0 Å². The molecule has 76 heavy (non-hydrogen) atoms. The molecular formula is C72H47N3O. The van der Waals surface area contributed by atoms with Crippen molar-refractivity contribution in [1.29, 1.82) is 0 Å². The lowest BCUT2D eigenvalue weighted by Gasteiger charge is -2.26. The highest BCUT2D eigenvalue weighted by Gasteiger charge is 2.26. The molecule has 356 valence electrons. The van der Waals surface area contributed by atoms with Crippen molar-refractivity contribution < 1.29 is 4.42 Å². The van der Waals surface area contributed by atoms with Crippen LogP contribution in [0.2, 0.25) is 0 Å². The Morgan fingerprint density at radius 3 is 1.11 bits per heavy atom. The Morgan fingerprint density at radius 1 is 0.263 bits per heavy atom. The number of para-hydroxylation sites is 1. The molecule has 0 atom stereocenters. The highest BCUT2D eigenvalue weighted by Crippen LogP contribution is 2.49. The van der Waals surface area contributed by atoms with Gasteiger partial charge in [-0.3, -0.25) is 4.40 Å². The van der Waals surface area contributed by atoms with Crippen LogP contribution in [0, 0.1) is 0 Å². The molecule has 0 saturated heterocycles. The summed E-state index contributed by atoms with van der Waals surface area (Å²) >= 11 is 0. The van der Waals surface area contributed by atoms with Crippen LogP contribution in [0.25, 0.3) is 105 Å². The van der Waals surface area contributed by atoms with Gasteiger partial charge in [-0.05, 0) is 140 Å². The van der Waals surface area contributed by atoms with E-state index >= 15 is 0 Å². The van der Waals surface area contributed by atoms with Crippen LogP contribution in [0.5, 0.6) is 0 Å². The number of benzene rings is 12. The van der Waals surface area contributed by atoms with E-state index in [4.69, 9.17) is 4.42 Å². The van der Waals surface area contributed by atoms with Crippen molar-refractivity contribution in [2.75, 3.05) is 9.80 Å². The van der Waals surface area contributed by atoms with Gasteiger partial charge in [-0.2, -0.15) is 0 Å². The second-order valence-corrected chi connectivity index (χ2v) is 19.7. The first-order chi connectivity index (χ1) is 37.7. The van der Waals surface area contributed by atoms with Crippen molar-refractivity contribution >= 4 is 94.2 Å². The number of nitrogens with zero attached hydrogens (tertiary/aromatic N) is 3. The molecule has 0 radical (unpaired) electrons. The molecule has 0 N–H and O–H groups in total. The van der Waals surface area contributed by atoms with Crippen LogP contribution in [0.1, 0.15) is 0 Å². The molecule has 3 aromatic heterocycles. The summed E-state index contributed by atoms with van der Waals surface area (Å²) in [6.45, 7) is 0. The van der Waals surface area contributed by atoms with E-state index in [2.05, 4.69) is 299 Å². The molecule has 15 rings (SSSR count). The molecule has 15 aromatic rings. The smallest absolute Gasteiger partial charge is 0.213 e. The number of anilines is 6. The second kappa shape index (κ2) is 17.8. The van der Waals surface area contributed by atoms with E-state index in [-0.39, 0.29) is 0 Å². The van der Waals surface area contributed by atoms with Gasteiger partial charge in [-0.1, -0.05) is 200 Å². The average Bonchev–Trinajstić information content (AvgIpc) is 4.28. The molecule has 0 aliphatic carbocycles. The maximum absolute atomic E-state index is 7.03. The highest BCUT2D eigenvalue weighted by atomic mass is 16.3. The fraction of sp³-hybridized carbons (Fsp3) is 0. The molecular weight excluding hydrogens is 923 g/mol. The van der Waals surface area contributed by atoms with Crippen molar-refractivity contribution in [3.05, 3.63) is 285 Å². The van der Waals surface area contributed by atoms with Gasteiger partial charge in [0.1, 0.15) is 5.58 Å². The molecule has 0 fully saturated rings. The van der Waals surface area contributed by atoms with Crippen molar-refractivity contribution in [2.45, 2.75) is 0 Å². The summed E-state index contributed by atoms with van der Waals surface area (Å²) in [5.41, 5.74) is 19.9. The van der Waals surface area contributed by atoms with Gasteiger partial charge >= 0.3 is 0 Å². The summed E-state index contributed by atoms with van der Waals surface area (Å²) in [4.78, 5) is 4.76. The monoisotopic (exact) mass is 969 g/mol. The van der Waals surface area contributed by atoms with E-state index in [1.165, 1.54) is 71.4 Å². The number of rotatable bonds is 10. The van der Waals surface area contributed by atoms with E-state index < -0.39 is 0 Å². The normalized spacial score (nSPS) is 11.7. The summed E-state index contributed by atoms with van der Waals surface area (Å²) in [6.07, 6.45) is 0. The number of hydrogen-bond acceptors (Lipinski definition) is 3. The zero-order chi connectivity index (χ0) is 50.1. The fourth-order valence-electron chi connectivity index (χ4n) is 11.7. The molecule has 0 bridgehead atoms. The van der Waals surface area contributed by atoms with E-state index in [0.29, 0.717) is 0 Å². The van der Waals surface area contributed by atoms with Crippen molar-refractivity contribution in [1.82, 2.24) is 4.40 Å². The number of hydrogen-bond donors (Lipinski definition) is 0.